The van der Waals surface area contributed by atoms with Crippen LogP contribution in [0.4, 0.5) is 11.4 Å². The number of carbonyl (C=O) groups excluding carboxylic acids is 1. The van der Waals surface area contributed by atoms with Crippen LogP contribution in [0.5, 0.6) is 0 Å². The minimum atomic E-state index is -0.0191. The van der Waals surface area contributed by atoms with E-state index in [1.54, 1.807) is 6.20 Å². The number of pyridine rings is 1. The maximum absolute atomic E-state index is 12.2. The molecule has 1 saturated carbocycles. The molecule has 2 aliphatic rings. The van der Waals surface area contributed by atoms with Crippen molar-refractivity contribution in [1.82, 2.24) is 10.3 Å². The van der Waals surface area contributed by atoms with Crippen molar-refractivity contribution in [2.75, 3.05) is 36.0 Å². The Balaban J connectivity index is 1.41. The molecule has 1 aromatic carbocycles. The molecule has 0 unspecified atom stereocenters. The van der Waals surface area contributed by atoms with Gasteiger partial charge in [0.25, 0.3) is 5.91 Å². The lowest BCUT2D eigenvalue weighted by Gasteiger charge is -2.37. The van der Waals surface area contributed by atoms with Crippen molar-refractivity contribution in [3.8, 4) is 0 Å². The topological polar surface area (TPSA) is 48.5 Å². The molecular formula is C19H21ClN4O. The Morgan fingerprint density at radius 1 is 1.04 bits per heavy atom. The van der Waals surface area contributed by atoms with Crippen LogP contribution in [0, 0.1) is 0 Å². The van der Waals surface area contributed by atoms with Crippen LogP contribution in [0.1, 0.15) is 23.2 Å². The molecule has 0 radical (unpaired) electrons. The monoisotopic (exact) mass is 356 g/mol. The highest BCUT2D eigenvalue weighted by atomic mass is 35.5. The number of rotatable bonds is 4. The molecule has 2 fully saturated rings. The van der Waals surface area contributed by atoms with Crippen molar-refractivity contribution in [3.05, 3.63) is 53.3 Å². The normalized spacial score (nSPS) is 17.5. The van der Waals surface area contributed by atoms with Crippen molar-refractivity contribution in [3.63, 3.8) is 0 Å². The number of nitrogens with zero attached hydrogens (tertiary/aromatic N) is 3. The Hall–Kier alpha value is -2.27. The van der Waals surface area contributed by atoms with Crippen LogP contribution < -0.4 is 15.1 Å². The molecule has 25 heavy (non-hydrogen) atoms. The zero-order valence-corrected chi connectivity index (χ0v) is 14.7. The standard InChI is InChI=1S/C19H21ClN4O/c20-15-2-1-3-17(11-15)23-6-8-24(9-7-23)18-10-14(12-21-13-18)19(25)22-16-4-5-16/h1-3,10-13,16H,4-9H2,(H,22,25). The van der Waals surface area contributed by atoms with Crippen LogP contribution in [0.2, 0.25) is 5.02 Å². The van der Waals surface area contributed by atoms with E-state index < -0.39 is 0 Å². The van der Waals surface area contributed by atoms with E-state index >= 15 is 0 Å². The predicted octanol–water partition coefficient (Wildman–Crippen LogP) is 2.95. The lowest BCUT2D eigenvalue weighted by molar-refractivity contribution is 0.0950. The van der Waals surface area contributed by atoms with Crippen molar-refractivity contribution >= 4 is 28.9 Å². The van der Waals surface area contributed by atoms with E-state index in [-0.39, 0.29) is 5.91 Å². The number of nitrogens with one attached hydrogen (secondary N) is 1. The third-order valence-corrected chi connectivity index (χ3v) is 4.95. The molecule has 4 rings (SSSR count). The molecule has 2 heterocycles. The average molecular weight is 357 g/mol. The Bertz CT molecular complexity index is 770. The molecule has 0 bridgehead atoms. The first-order chi connectivity index (χ1) is 12.2. The second-order valence-corrected chi connectivity index (χ2v) is 7.07. The van der Waals surface area contributed by atoms with E-state index in [0.29, 0.717) is 11.6 Å². The fraction of sp³-hybridized carbons (Fsp3) is 0.368. The molecule has 1 aromatic heterocycles. The SMILES string of the molecule is O=C(NC1CC1)c1cncc(N2CCN(c3cccc(Cl)c3)CC2)c1. The molecule has 5 nitrogen and oxygen atoms in total. The summed E-state index contributed by atoms with van der Waals surface area (Å²) in [6.07, 6.45) is 5.65. The summed E-state index contributed by atoms with van der Waals surface area (Å²) < 4.78 is 0. The summed E-state index contributed by atoms with van der Waals surface area (Å²) in [5.74, 6) is -0.0191. The van der Waals surface area contributed by atoms with Gasteiger partial charge in [0.05, 0.1) is 17.4 Å². The summed E-state index contributed by atoms with van der Waals surface area (Å²) in [4.78, 5) is 21.1. The first kappa shape index (κ1) is 16.2. The number of halogens is 1. The van der Waals surface area contributed by atoms with E-state index in [4.69, 9.17) is 11.6 Å². The minimum Gasteiger partial charge on any atom is -0.368 e. The van der Waals surface area contributed by atoms with Gasteiger partial charge in [-0.1, -0.05) is 17.7 Å². The zero-order valence-electron chi connectivity index (χ0n) is 14.0. The lowest BCUT2D eigenvalue weighted by Crippen LogP contribution is -2.46. The maximum atomic E-state index is 12.2. The van der Waals surface area contributed by atoms with Gasteiger partial charge in [-0.05, 0) is 37.1 Å². The summed E-state index contributed by atoms with van der Waals surface area (Å²) >= 11 is 6.09. The van der Waals surface area contributed by atoms with E-state index in [2.05, 4.69) is 26.2 Å². The van der Waals surface area contributed by atoms with Gasteiger partial charge in [-0.25, -0.2) is 0 Å². The summed E-state index contributed by atoms with van der Waals surface area (Å²) in [7, 11) is 0. The van der Waals surface area contributed by atoms with Crippen LogP contribution in [-0.4, -0.2) is 43.1 Å². The van der Waals surface area contributed by atoms with Gasteiger partial charge < -0.3 is 15.1 Å². The number of hydrogen-bond donors (Lipinski definition) is 1. The van der Waals surface area contributed by atoms with Crippen LogP contribution in [0.15, 0.2) is 42.7 Å². The van der Waals surface area contributed by atoms with Gasteiger partial charge in [0.15, 0.2) is 0 Å². The van der Waals surface area contributed by atoms with Crippen molar-refractivity contribution in [1.29, 1.82) is 0 Å². The van der Waals surface area contributed by atoms with Crippen LogP contribution in [0.25, 0.3) is 0 Å². The molecular weight excluding hydrogens is 336 g/mol. The molecule has 1 saturated heterocycles. The molecule has 1 amide bonds. The van der Waals surface area contributed by atoms with E-state index in [1.807, 2.05) is 30.5 Å². The van der Waals surface area contributed by atoms with Gasteiger partial charge in [-0.15, -0.1) is 0 Å². The Labute approximate surface area is 152 Å². The molecule has 2 aromatic rings. The largest absolute Gasteiger partial charge is 0.368 e. The second kappa shape index (κ2) is 6.92. The first-order valence-corrected chi connectivity index (χ1v) is 9.08. The van der Waals surface area contributed by atoms with Crippen molar-refractivity contribution in [2.24, 2.45) is 0 Å². The molecule has 1 N–H and O–H groups in total. The third-order valence-electron chi connectivity index (χ3n) is 4.72. The van der Waals surface area contributed by atoms with Crippen LogP contribution >= 0.6 is 11.6 Å². The second-order valence-electron chi connectivity index (χ2n) is 6.63. The number of carbonyl (C=O) groups is 1. The zero-order chi connectivity index (χ0) is 17.2. The number of anilines is 2. The molecule has 1 aliphatic carbocycles. The fourth-order valence-electron chi connectivity index (χ4n) is 3.12. The number of hydrogen-bond acceptors (Lipinski definition) is 4. The smallest absolute Gasteiger partial charge is 0.253 e. The quantitative estimate of drug-likeness (QED) is 0.915. The van der Waals surface area contributed by atoms with Gasteiger partial charge in [-0.3, -0.25) is 9.78 Å². The number of benzene rings is 1. The average Bonchev–Trinajstić information content (AvgIpc) is 3.46. The number of amides is 1. The molecule has 0 atom stereocenters. The Morgan fingerprint density at radius 3 is 2.44 bits per heavy atom. The maximum Gasteiger partial charge on any atom is 0.253 e. The fourth-order valence-corrected chi connectivity index (χ4v) is 3.30. The number of aromatic nitrogens is 1. The highest BCUT2D eigenvalue weighted by molar-refractivity contribution is 6.30. The van der Waals surface area contributed by atoms with Gasteiger partial charge in [0.2, 0.25) is 0 Å². The summed E-state index contributed by atoms with van der Waals surface area (Å²) in [6, 6.07) is 10.3. The highest BCUT2D eigenvalue weighted by Gasteiger charge is 2.24. The van der Waals surface area contributed by atoms with Crippen LogP contribution in [0.3, 0.4) is 0 Å². The summed E-state index contributed by atoms with van der Waals surface area (Å²) in [5.41, 5.74) is 2.80. The minimum absolute atomic E-state index is 0.0191. The van der Waals surface area contributed by atoms with Gasteiger partial charge in [-0.2, -0.15) is 0 Å². The summed E-state index contributed by atoms with van der Waals surface area (Å²) in [5, 5.41) is 3.78. The van der Waals surface area contributed by atoms with Crippen LogP contribution in [-0.2, 0) is 0 Å². The Kier molecular flexibility index (Phi) is 4.49. The summed E-state index contributed by atoms with van der Waals surface area (Å²) in [6.45, 7) is 3.61. The Morgan fingerprint density at radius 2 is 1.76 bits per heavy atom. The van der Waals surface area contributed by atoms with E-state index in [1.165, 1.54) is 0 Å². The van der Waals surface area contributed by atoms with Crippen molar-refractivity contribution in [2.45, 2.75) is 18.9 Å². The number of piperazine rings is 1. The molecule has 0 spiro atoms. The lowest BCUT2D eigenvalue weighted by atomic mass is 10.2. The molecule has 1 aliphatic heterocycles. The molecule has 130 valence electrons. The van der Waals surface area contributed by atoms with Gasteiger partial charge in [0.1, 0.15) is 0 Å². The van der Waals surface area contributed by atoms with Gasteiger partial charge >= 0.3 is 0 Å². The van der Waals surface area contributed by atoms with Crippen molar-refractivity contribution < 1.29 is 4.79 Å². The van der Waals surface area contributed by atoms with E-state index in [0.717, 1.165) is 55.4 Å². The highest BCUT2D eigenvalue weighted by Crippen LogP contribution is 2.24. The molecule has 6 heteroatoms. The first-order valence-electron chi connectivity index (χ1n) is 8.70. The van der Waals surface area contributed by atoms with Gasteiger partial charge in [0, 0.05) is 49.1 Å². The third kappa shape index (κ3) is 3.87. The van der Waals surface area contributed by atoms with E-state index in [9.17, 15) is 4.79 Å². The predicted molar refractivity (Wildman–Crippen MR) is 101 cm³/mol.